The topological polar surface area (TPSA) is 71.9 Å². The van der Waals surface area contributed by atoms with Crippen molar-refractivity contribution in [1.82, 2.24) is 9.80 Å². The third kappa shape index (κ3) is 8.88. The van der Waals surface area contributed by atoms with Gasteiger partial charge in [0.15, 0.2) is 0 Å². The van der Waals surface area contributed by atoms with Gasteiger partial charge in [0.25, 0.3) is 0 Å². The van der Waals surface area contributed by atoms with Crippen LogP contribution in [0.5, 0.6) is 11.5 Å². The van der Waals surface area contributed by atoms with Gasteiger partial charge in [0.1, 0.15) is 36.9 Å². The van der Waals surface area contributed by atoms with Gasteiger partial charge in [-0.1, -0.05) is 12.1 Å². The second kappa shape index (κ2) is 15.1. The number of hydrogen-bond donors (Lipinski definition) is 2. The zero-order valence-corrected chi connectivity index (χ0v) is 26.9. The maximum atomic E-state index is 10.6. The van der Waals surface area contributed by atoms with E-state index in [1.165, 1.54) is 33.6 Å². The van der Waals surface area contributed by atoms with E-state index in [1.54, 1.807) is 0 Å². The maximum absolute atomic E-state index is 10.6. The normalized spacial score (nSPS) is 17.9. The first-order valence-electron chi connectivity index (χ1n) is 16.0. The number of ether oxygens (including phenoxy) is 2. The summed E-state index contributed by atoms with van der Waals surface area (Å²) < 4.78 is 11.7. The molecule has 2 atom stereocenters. The van der Waals surface area contributed by atoms with Gasteiger partial charge in [-0.2, -0.15) is 0 Å². The van der Waals surface area contributed by atoms with Crippen LogP contribution in [0.4, 0.5) is 11.4 Å². The minimum absolute atomic E-state index is 0.243. The highest BCUT2D eigenvalue weighted by molar-refractivity contribution is 5.52. The van der Waals surface area contributed by atoms with Gasteiger partial charge in [-0.15, -0.1) is 0 Å². The number of rotatable bonds is 12. The third-order valence-electron chi connectivity index (χ3n) is 9.10. The average Bonchev–Trinajstić information content (AvgIpc) is 3.03. The molecule has 2 aliphatic heterocycles. The van der Waals surface area contributed by atoms with Crippen molar-refractivity contribution in [2.45, 2.75) is 39.9 Å². The number of piperazine rings is 2. The number of anilines is 2. The number of aryl methyl sites for hydroxylation is 4. The minimum Gasteiger partial charge on any atom is -0.491 e. The Kier molecular flexibility index (Phi) is 11.0. The SMILES string of the molecule is Cc1ccc(N2CCN(CC(O)COc3ccc(OCC(O)CN4CCN(c5ccc(C)c(C)c5)CC4)cc3)CC2)cc1C. The van der Waals surface area contributed by atoms with Crippen LogP contribution in [0.2, 0.25) is 0 Å². The molecule has 2 fully saturated rings. The van der Waals surface area contributed by atoms with E-state index >= 15 is 0 Å². The summed E-state index contributed by atoms with van der Waals surface area (Å²) in [5, 5.41) is 21.2. The van der Waals surface area contributed by atoms with E-state index in [0.29, 0.717) is 24.6 Å². The number of hydrogen-bond acceptors (Lipinski definition) is 8. The zero-order valence-electron chi connectivity index (χ0n) is 26.9. The van der Waals surface area contributed by atoms with Crippen LogP contribution in [0.1, 0.15) is 22.3 Å². The first-order valence-corrected chi connectivity index (χ1v) is 16.0. The lowest BCUT2D eigenvalue weighted by Crippen LogP contribution is -2.49. The summed E-state index contributed by atoms with van der Waals surface area (Å²) in [5.74, 6) is 1.39. The monoisotopic (exact) mass is 602 g/mol. The van der Waals surface area contributed by atoms with Crippen molar-refractivity contribution in [3.63, 3.8) is 0 Å². The summed E-state index contributed by atoms with van der Waals surface area (Å²) in [7, 11) is 0. The van der Waals surface area contributed by atoms with Crippen molar-refractivity contribution in [2.75, 3.05) is 88.5 Å². The summed E-state index contributed by atoms with van der Waals surface area (Å²) in [6.07, 6.45) is -1.12. The van der Waals surface area contributed by atoms with Crippen LogP contribution in [-0.4, -0.2) is 111 Å². The molecule has 2 saturated heterocycles. The number of aliphatic hydroxyl groups is 2. The molecule has 5 rings (SSSR count). The molecule has 0 aromatic heterocycles. The Labute approximate surface area is 263 Å². The molecule has 0 radical (unpaired) electrons. The van der Waals surface area contributed by atoms with Crippen molar-refractivity contribution in [3.8, 4) is 11.5 Å². The van der Waals surface area contributed by atoms with E-state index in [9.17, 15) is 10.2 Å². The lowest BCUT2D eigenvalue weighted by molar-refractivity contribution is 0.0650. The summed E-state index contributed by atoms with van der Waals surface area (Å²) in [6.45, 7) is 17.8. The fourth-order valence-electron chi connectivity index (χ4n) is 5.94. The van der Waals surface area contributed by atoms with E-state index in [2.05, 4.69) is 83.7 Å². The number of β-amino-alcohol motifs (C(OH)–C–C–N with tert-alkyl or cyclic N) is 2. The van der Waals surface area contributed by atoms with Crippen LogP contribution in [-0.2, 0) is 0 Å². The van der Waals surface area contributed by atoms with Gasteiger partial charge >= 0.3 is 0 Å². The molecule has 0 spiro atoms. The smallest absolute Gasteiger partial charge is 0.119 e. The Bertz CT molecular complexity index is 1230. The maximum Gasteiger partial charge on any atom is 0.119 e. The molecule has 0 aliphatic carbocycles. The Hall–Kier alpha value is -3.30. The Morgan fingerprint density at radius 2 is 0.886 bits per heavy atom. The van der Waals surface area contributed by atoms with E-state index < -0.39 is 12.2 Å². The summed E-state index contributed by atoms with van der Waals surface area (Å²) in [5.41, 5.74) is 7.85. The van der Waals surface area contributed by atoms with Crippen molar-refractivity contribution in [2.24, 2.45) is 0 Å². The van der Waals surface area contributed by atoms with Gasteiger partial charge in [0.05, 0.1) is 0 Å². The van der Waals surface area contributed by atoms with Crippen molar-refractivity contribution in [1.29, 1.82) is 0 Å². The van der Waals surface area contributed by atoms with Crippen LogP contribution in [0.25, 0.3) is 0 Å². The Morgan fingerprint density at radius 1 is 0.523 bits per heavy atom. The van der Waals surface area contributed by atoms with Gasteiger partial charge < -0.3 is 29.5 Å². The molecule has 3 aromatic rings. The fraction of sp³-hybridized carbons (Fsp3) is 0.500. The lowest BCUT2D eigenvalue weighted by atomic mass is 10.1. The van der Waals surface area contributed by atoms with Crippen molar-refractivity contribution < 1.29 is 19.7 Å². The molecular formula is C36H50N4O4. The molecule has 2 aliphatic rings. The van der Waals surface area contributed by atoms with Gasteiger partial charge in [-0.05, 0) is 98.5 Å². The third-order valence-corrected chi connectivity index (χ3v) is 9.10. The lowest BCUT2D eigenvalue weighted by Gasteiger charge is -2.37. The van der Waals surface area contributed by atoms with E-state index in [-0.39, 0.29) is 13.2 Å². The number of nitrogens with zero attached hydrogens (tertiary/aromatic N) is 4. The summed E-state index contributed by atoms with van der Waals surface area (Å²) >= 11 is 0. The van der Waals surface area contributed by atoms with E-state index in [0.717, 1.165) is 52.4 Å². The van der Waals surface area contributed by atoms with E-state index in [4.69, 9.17) is 9.47 Å². The summed E-state index contributed by atoms with van der Waals surface area (Å²) in [4.78, 5) is 9.45. The molecule has 3 aromatic carbocycles. The first-order chi connectivity index (χ1) is 21.2. The highest BCUT2D eigenvalue weighted by atomic mass is 16.5. The average molecular weight is 603 g/mol. The standard InChI is InChI=1S/C36H50N4O4/c1-27-5-7-31(21-29(27)3)39-17-13-37(14-18-39)23-33(41)25-43-35-9-11-36(12-10-35)44-26-34(42)24-38-15-19-40(20-16-38)32-8-6-28(2)30(4)22-32/h5-12,21-22,33-34,41-42H,13-20,23-26H2,1-4H3. The van der Waals surface area contributed by atoms with Crippen LogP contribution >= 0.6 is 0 Å². The Balaban J connectivity index is 0.958. The zero-order chi connectivity index (χ0) is 31.1. The van der Waals surface area contributed by atoms with Gasteiger partial charge in [0, 0.05) is 76.8 Å². The molecule has 2 unspecified atom stereocenters. The second-order valence-electron chi connectivity index (χ2n) is 12.5. The molecule has 8 heteroatoms. The minimum atomic E-state index is -0.558. The predicted molar refractivity (Wildman–Crippen MR) is 179 cm³/mol. The van der Waals surface area contributed by atoms with Crippen LogP contribution < -0.4 is 19.3 Å². The van der Waals surface area contributed by atoms with Crippen molar-refractivity contribution in [3.05, 3.63) is 82.9 Å². The molecule has 0 saturated carbocycles. The predicted octanol–water partition coefficient (Wildman–Crippen LogP) is 4.04. The van der Waals surface area contributed by atoms with Crippen LogP contribution in [0.3, 0.4) is 0 Å². The van der Waals surface area contributed by atoms with Gasteiger partial charge in [-0.3, -0.25) is 9.80 Å². The van der Waals surface area contributed by atoms with Crippen LogP contribution in [0, 0.1) is 27.7 Å². The van der Waals surface area contributed by atoms with Crippen molar-refractivity contribution >= 4 is 11.4 Å². The van der Waals surface area contributed by atoms with Gasteiger partial charge in [-0.25, -0.2) is 0 Å². The quantitative estimate of drug-likeness (QED) is 0.322. The highest BCUT2D eigenvalue weighted by Crippen LogP contribution is 2.22. The molecule has 2 heterocycles. The molecule has 0 amide bonds. The largest absolute Gasteiger partial charge is 0.491 e. The second-order valence-corrected chi connectivity index (χ2v) is 12.5. The van der Waals surface area contributed by atoms with Crippen LogP contribution in [0.15, 0.2) is 60.7 Å². The fourth-order valence-corrected chi connectivity index (χ4v) is 5.94. The molecule has 2 N–H and O–H groups in total. The van der Waals surface area contributed by atoms with Gasteiger partial charge in [0.2, 0.25) is 0 Å². The molecule has 0 bridgehead atoms. The number of aliphatic hydroxyl groups excluding tert-OH is 2. The molecule has 238 valence electrons. The first kappa shape index (κ1) is 32.1. The molecule has 8 nitrogen and oxygen atoms in total. The summed E-state index contributed by atoms with van der Waals surface area (Å²) in [6, 6.07) is 20.7. The Morgan fingerprint density at radius 3 is 1.23 bits per heavy atom. The molecule has 44 heavy (non-hydrogen) atoms. The molecular weight excluding hydrogens is 552 g/mol. The number of benzene rings is 3. The highest BCUT2D eigenvalue weighted by Gasteiger charge is 2.21. The van der Waals surface area contributed by atoms with E-state index in [1.807, 2.05) is 24.3 Å².